The van der Waals surface area contributed by atoms with Crippen molar-refractivity contribution < 1.29 is 19.1 Å². The van der Waals surface area contributed by atoms with Crippen LogP contribution in [-0.4, -0.2) is 36.1 Å². The summed E-state index contributed by atoms with van der Waals surface area (Å²) in [5.74, 6) is -0.837. The van der Waals surface area contributed by atoms with Gasteiger partial charge in [-0.15, -0.1) is 0 Å². The highest BCUT2D eigenvalue weighted by Crippen LogP contribution is 2.35. The van der Waals surface area contributed by atoms with Gasteiger partial charge in [-0.25, -0.2) is 0 Å². The molecule has 34 heavy (non-hydrogen) atoms. The Kier molecular flexibility index (Phi) is 6.61. The second kappa shape index (κ2) is 9.61. The van der Waals surface area contributed by atoms with E-state index < -0.39 is 5.92 Å². The molecular formula is C25H25ClN4O4. The highest BCUT2D eigenvalue weighted by molar-refractivity contribution is 6.31. The van der Waals surface area contributed by atoms with E-state index in [9.17, 15) is 14.4 Å². The van der Waals surface area contributed by atoms with Crippen LogP contribution >= 0.6 is 11.6 Å². The minimum absolute atomic E-state index is 0.0634. The van der Waals surface area contributed by atoms with Gasteiger partial charge in [0.05, 0.1) is 18.7 Å². The number of carbonyl (C=O) groups is 3. The number of benzene rings is 2. The van der Waals surface area contributed by atoms with Crippen LogP contribution in [0, 0.1) is 19.8 Å². The molecule has 0 unspecified atom stereocenters. The van der Waals surface area contributed by atoms with E-state index in [0.717, 1.165) is 11.4 Å². The maximum Gasteiger partial charge on any atom is 0.270 e. The Hall–Kier alpha value is -3.78. The van der Waals surface area contributed by atoms with Crippen LogP contribution in [0.15, 0.2) is 54.6 Å². The first kappa shape index (κ1) is 23.4. The summed E-state index contributed by atoms with van der Waals surface area (Å²) in [5, 5.41) is 3.30. The van der Waals surface area contributed by atoms with E-state index in [0.29, 0.717) is 27.7 Å². The van der Waals surface area contributed by atoms with Crippen molar-refractivity contribution in [1.82, 2.24) is 4.68 Å². The van der Waals surface area contributed by atoms with Gasteiger partial charge >= 0.3 is 0 Å². The van der Waals surface area contributed by atoms with Gasteiger partial charge in [-0.2, -0.15) is 0 Å². The maximum atomic E-state index is 12.9. The van der Waals surface area contributed by atoms with Gasteiger partial charge in [0.2, 0.25) is 11.8 Å². The molecule has 2 aromatic carbocycles. The van der Waals surface area contributed by atoms with E-state index in [4.69, 9.17) is 16.3 Å². The van der Waals surface area contributed by atoms with Crippen LogP contribution in [0.1, 0.15) is 28.2 Å². The molecule has 8 nitrogen and oxygen atoms in total. The summed E-state index contributed by atoms with van der Waals surface area (Å²) in [4.78, 5) is 39.8. The van der Waals surface area contributed by atoms with Gasteiger partial charge in [-0.3, -0.25) is 24.5 Å². The van der Waals surface area contributed by atoms with Crippen molar-refractivity contribution in [2.24, 2.45) is 5.92 Å². The minimum Gasteiger partial charge on any atom is -0.495 e. The maximum absolute atomic E-state index is 12.9. The summed E-state index contributed by atoms with van der Waals surface area (Å²) >= 11 is 6.10. The zero-order valence-electron chi connectivity index (χ0n) is 19.1. The number of aryl methyl sites for hydroxylation is 2. The van der Waals surface area contributed by atoms with Crippen LogP contribution < -0.4 is 20.4 Å². The largest absolute Gasteiger partial charge is 0.495 e. The molecule has 1 aliphatic heterocycles. The van der Waals surface area contributed by atoms with Crippen molar-refractivity contribution >= 4 is 40.7 Å². The first-order valence-electron chi connectivity index (χ1n) is 10.8. The number of amides is 3. The van der Waals surface area contributed by atoms with Crippen LogP contribution in [0.2, 0.25) is 5.02 Å². The lowest BCUT2D eigenvalue weighted by Gasteiger charge is -2.20. The van der Waals surface area contributed by atoms with Crippen molar-refractivity contribution in [3.05, 3.63) is 76.6 Å². The number of nitrogens with one attached hydrogen (secondary N) is 2. The van der Waals surface area contributed by atoms with E-state index in [1.54, 1.807) is 47.1 Å². The number of rotatable bonds is 6. The van der Waals surface area contributed by atoms with Crippen molar-refractivity contribution in [2.75, 3.05) is 29.3 Å². The molecule has 176 valence electrons. The van der Waals surface area contributed by atoms with E-state index in [-0.39, 0.29) is 30.7 Å². The first-order chi connectivity index (χ1) is 16.3. The Morgan fingerprint density at radius 1 is 1.06 bits per heavy atom. The van der Waals surface area contributed by atoms with Gasteiger partial charge in [0.15, 0.2) is 0 Å². The van der Waals surface area contributed by atoms with Crippen molar-refractivity contribution in [2.45, 2.75) is 20.3 Å². The highest BCUT2D eigenvalue weighted by Gasteiger charge is 2.36. The van der Waals surface area contributed by atoms with Gasteiger partial charge < -0.3 is 15.0 Å². The van der Waals surface area contributed by atoms with E-state index in [1.807, 2.05) is 26.0 Å². The standard InChI is InChI=1S/C25H25ClN4O4/c1-15-7-8-16(2)30(15)28-25(33)17-5-4-6-20(11-17)27-24(32)18-12-23(31)29(14-18)21-13-19(26)9-10-22(21)34-3/h4-11,13,18H,12,14H2,1-3H3,(H,27,32)(H,28,33)/t18-/m1/s1. The third-order valence-electron chi connectivity index (χ3n) is 5.80. The summed E-state index contributed by atoms with van der Waals surface area (Å²) in [6.07, 6.45) is 0.0634. The SMILES string of the molecule is COc1ccc(Cl)cc1N1C[C@H](C(=O)Nc2cccc(C(=O)Nn3c(C)ccc3C)c2)CC1=O. The summed E-state index contributed by atoms with van der Waals surface area (Å²) < 4.78 is 7.05. The summed E-state index contributed by atoms with van der Waals surface area (Å²) in [5.41, 5.74) is 6.07. The Morgan fingerprint density at radius 3 is 2.50 bits per heavy atom. The molecule has 2 N–H and O–H groups in total. The number of aromatic nitrogens is 1. The van der Waals surface area contributed by atoms with Crippen LogP contribution in [0.4, 0.5) is 11.4 Å². The number of nitrogens with zero attached hydrogens (tertiary/aromatic N) is 2. The van der Waals surface area contributed by atoms with Gasteiger partial charge in [-0.1, -0.05) is 17.7 Å². The van der Waals surface area contributed by atoms with E-state index in [1.165, 1.54) is 12.0 Å². The second-order valence-corrected chi connectivity index (χ2v) is 8.62. The van der Waals surface area contributed by atoms with Crippen LogP contribution in [0.5, 0.6) is 5.75 Å². The predicted octanol–water partition coefficient (Wildman–Crippen LogP) is 4.14. The number of halogens is 1. The number of hydrogen-bond donors (Lipinski definition) is 2. The Bertz CT molecular complexity index is 1250. The monoisotopic (exact) mass is 480 g/mol. The third kappa shape index (κ3) is 4.77. The van der Waals surface area contributed by atoms with Crippen LogP contribution in [-0.2, 0) is 9.59 Å². The lowest BCUT2D eigenvalue weighted by atomic mass is 10.1. The number of anilines is 2. The molecule has 4 rings (SSSR count). The minimum atomic E-state index is -0.557. The average Bonchev–Trinajstić information content (AvgIpc) is 3.36. The van der Waals surface area contributed by atoms with Crippen molar-refractivity contribution in [3.8, 4) is 5.75 Å². The molecular weight excluding hydrogens is 456 g/mol. The van der Waals surface area contributed by atoms with Crippen molar-refractivity contribution in [3.63, 3.8) is 0 Å². The molecule has 2 heterocycles. The fraction of sp³-hybridized carbons (Fsp3) is 0.240. The molecule has 1 aliphatic rings. The molecule has 1 fully saturated rings. The van der Waals surface area contributed by atoms with Gasteiger partial charge in [0.1, 0.15) is 5.75 Å². The topological polar surface area (TPSA) is 92.7 Å². The van der Waals surface area contributed by atoms with Crippen LogP contribution in [0.25, 0.3) is 0 Å². The highest BCUT2D eigenvalue weighted by atomic mass is 35.5. The molecule has 3 aromatic rings. The molecule has 0 aliphatic carbocycles. The molecule has 1 atom stereocenters. The summed E-state index contributed by atoms with van der Waals surface area (Å²) in [6.45, 7) is 4.00. The lowest BCUT2D eigenvalue weighted by Crippen LogP contribution is -2.28. The molecule has 0 bridgehead atoms. The Balaban J connectivity index is 1.45. The van der Waals surface area contributed by atoms with E-state index in [2.05, 4.69) is 10.7 Å². The summed E-state index contributed by atoms with van der Waals surface area (Å²) in [7, 11) is 1.51. The van der Waals surface area contributed by atoms with E-state index >= 15 is 0 Å². The lowest BCUT2D eigenvalue weighted by molar-refractivity contribution is -0.122. The third-order valence-corrected chi connectivity index (χ3v) is 6.04. The van der Waals surface area contributed by atoms with Gasteiger partial charge in [0.25, 0.3) is 5.91 Å². The number of hydrogen-bond acceptors (Lipinski definition) is 4. The zero-order valence-corrected chi connectivity index (χ0v) is 19.8. The molecule has 9 heteroatoms. The quantitative estimate of drug-likeness (QED) is 0.554. The average molecular weight is 481 g/mol. The smallest absolute Gasteiger partial charge is 0.270 e. The normalized spacial score (nSPS) is 15.4. The fourth-order valence-corrected chi connectivity index (χ4v) is 4.15. The molecule has 1 aromatic heterocycles. The van der Waals surface area contributed by atoms with Gasteiger partial charge in [-0.05, 0) is 62.4 Å². The van der Waals surface area contributed by atoms with Crippen LogP contribution in [0.3, 0.4) is 0 Å². The Labute approximate surface area is 202 Å². The fourth-order valence-electron chi connectivity index (χ4n) is 3.98. The number of carbonyl (C=O) groups excluding carboxylic acids is 3. The molecule has 0 saturated carbocycles. The molecule has 3 amide bonds. The second-order valence-electron chi connectivity index (χ2n) is 8.18. The molecule has 0 spiro atoms. The Morgan fingerprint density at radius 2 is 1.79 bits per heavy atom. The number of methoxy groups -OCH3 is 1. The molecule has 1 saturated heterocycles. The van der Waals surface area contributed by atoms with Gasteiger partial charge in [0, 0.05) is 40.6 Å². The zero-order chi connectivity index (χ0) is 24.4. The number of ether oxygens (including phenoxy) is 1. The predicted molar refractivity (Wildman–Crippen MR) is 131 cm³/mol. The first-order valence-corrected chi connectivity index (χ1v) is 11.2. The summed E-state index contributed by atoms with van der Waals surface area (Å²) in [6, 6.07) is 15.5. The van der Waals surface area contributed by atoms with Crippen molar-refractivity contribution in [1.29, 1.82) is 0 Å². The molecule has 0 radical (unpaired) electrons.